The molecule has 1 aromatic rings. The van der Waals surface area contributed by atoms with E-state index in [1.54, 1.807) is 44.4 Å². The van der Waals surface area contributed by atoms with Gasteiger partial charge in [0, 0.05) is 51.9 Å². The van der Waals surface area contributed by atoms with E-state index in [2.05, 4.69) is 0 Å². The summed E-state index contributed by atoms with van der Waals surface area (Å²) in [6.07, 6.45) is 0.706. The van der Waals surface area contributed by atoms with Gasteiger partial charge in [0.15, 0.2) is 0 Å². The molecule has 220 valence electrons. The van der Waals surface area contributed by atoms with Gasteiger partial charge in [-0.2, -0.15) is 8.61 Å². The first-order valence-corrected chi connectivity index (χ1v) is 16.4. The lowest BCUT2D eigenvalue weighted by Crippen LogP contribution is -2.58. The van der Waals surface area contributed by atoms with Crippen LogP contribution in [-0.4, -0.2) is 105 Å². The predicted molar refractivity (Wildman–Crippen MR) is 147 cm³/mol. The number of carbonyl (C=O) groups is 2. The van der Waals surface area contributed by atoms with Crippen LogP contribution in [0.3, 0.4) is 0 Å². The number of nitrogens with zero attached hydrogens (tertiary/aromatic N) is 4. The maximum absolute atomic E-state index is 13.4. The number of piperazine rings is 1. The molecule has 0 aliphatic carbocycles. The molecule has 0 aromatic heterocycles. The Bertz CT molecular complexity index is 1240. The molecule has 11 nitrogen and oxygen atoms in total. The molecule has 2 aliphatic rings. The molecule has 0 saturated carbocycles. The third-order valence-electron chi connectivity index (χ3n) is 7.11. The molecule has 0 bridgehead atoms. The first kappa shape index (κ1) is 31.3. The predicted octanol–water partition coefficient (Wildman–Crippen LogP) is 2.59. The van der Waals surface area contributed by atoms with Gasteiger partial charge in [0.25, 0.3) is 0 Å². The first-order valence-electron chi connectivity index (χ1n) is 13.5. The van der Waals surface area contributed by atoms with Crippen LogP contribution in [0.1, 0.15) is 54.4 Å². The van der Waals surface area contributed by atoms with Gasteiger partial charge in [-0.1, -0.05) is 13.8 Å². The average molecular weight is 587 g/mol. The third kappa shape index (κ3) is 7.11. The fourth-order valence-electron chi connectivity index (χ4n) is 5.02. The monoisotopic (exact) mass is 586 g/mol. The SMILES string of the molecule is CCN(CC)S(=O)(=O)c1ccc(S(=O)(=O)N2CCC[C@@H](C(=O)N3CCN(C(=O)OC(C)(C)C)[C@H](C)C3)C2)cc1. The molecule has 2 atom stereocenters. The summed E-state index contributed by atoms with van der Waals surface area (Å²) < 4.78 is 60.4. The standard InChI is InChI=1S/C26H42N4O7S2/c1-7-28(8-2)38(33,34)22-11-13-23(14-12-22)39(35,36)29-15-9-10-21(19-29)24(31)27-16-17-30(20(3)18-27)25(32)37-26(4,5)6/h11-14,20-21H,7-10,15-19H2,1-6H3/t20-,21-/m1/s1. The third-order valence-corrected chi connectivity index (χ3v) is 11.0. The number of hydrogen-bond acceptors (Lipinski definition) is 7. The van der Waals surface area contributed by atoms with Crippen molar-refractivity contribution < 1.29 is 31.2 Å². The van der Waals surface area contributed by atoms with E-state index in [9.17, 15) is 26.4 Å². The fourth-order valence-corrected chi connectivity index (χ4v) is 8.00. The molecule has 0 radical (unpaired) electrons. The smallest absolute Gasteiger partial charge is 0.410 e. The topological polar surface area (TPSA) is 125 Å². The molecule has 0 spiro atoms. The summed E-state index contributed by atoms with van der Waals surface area (Å²) in [4.78, 5) is 29.3. The molecule has 39 heavy (non-hydrogen) atoms. The highest BCUT2D eigenvalue weighted by atomic mass is 32.2. The van der Waals surface area contributed by atoms with Gasteiger partial charge in [-0.3, -0.25) is 4.79 Å². The maximum Gasteiger partial charge on any atom is 0.410 e. The van der Waals surface area contributed by atoms with Crippen molar-refractivity contribution in [2.24, 2.45) is 5.92 Å². The number of benzene rings is 1. The number of amides is 2. The Morgan fingerprint density at radius 2 is 1.54 bits per heavy atom. The Morgan fingerprint density at radius 3 is 2.08 bits per heavy atom. The average Bonchev–Trinajstić information content (AvgIpc) is 2.87. The summed E-state index contributed by atoms with van der Waals surface area (Å²) in [6, 6.07) is 5.04. The second kappa shape index (κ2) is 12.1. The normalized spacial score (nSPS) is 21.7. The lowest BCUT2D eigenvalue weighted by atomic mass is 9.97. The number of ether oxygens (including phenoxy) is 1. The Kier molecular flexibility index (Phi) is 9.72. The van der Waals surface area contributed by atoms with Crippen LogP contribution in [0.25, 0.3) is 0 Å². The van der Waals surface area contributed by atoms with Gasteiger partial charge in [-0.25, -0.2) is 21.6 Å². The van der Waals surface area contributed by atoms with E-state index in [1.165, 1.54) is 32.9 Å². The van der Waals surface area contributed by atoms with Crippen molar-refractivity contribution in [1.82, 2.24) is 18.4 Å². The Balaban J connectivity index is 1.67. The number of sulfonamides is 2. The quantitative estimate of drug-likeness (QED) is 0.481. The highest BCUT2D eigenvalue weighted by molar-refractivity contribution is 7.89. The van der Waals surface area contributed by atoms with E-state index < -0.39 is 37.7 Å². The van der Waals surface area contributed by atoms with E-state index in [4.69, 9.17) is 4.74 Å². The Labute approximate surface area is 233 Å². The molecule has 1 aromatic carbocycles. The molecule has 3 rings (SSSR count). The highest BCUT2D eigenvalue weighted by Crippen LogP contribution is 2.27. The largest absolute Gasteiger partial charge is 0.444 e. The molecule has 2 heterocycles. The van der Waals surface area contributed by atoms with E-state index in [-0.39, 0.29) is 34.8 Å². The number of piperidine rings is 1. The Hall–Kier alpha value is -2.22. The summed E-state index contributed by atoms with van der Waals surface area (Å²) in [6.45, 7) is 12.8. The summed E-state index contributed by atoms with van der Waals surface area (Å²) in [7, 11) is -7.62. The van der Waals surface area contributed by atoms with Crippen molar-refractivity contribution in [3.05, 3.63) is 24.3 Å². The number of hydrogen-bond donors (Lipinski definition) is 0. The zero-order chi connectivity index (χ0) is 29.2. The zero-order valence-electron chi connectivity index (χ0n) is 23.8. The fraction of sp³-hybridized carbons (Fsp3) is 0.692. The van der Waals surface area contributed by atoms with E-state index in [0.29, 0.717) is 45.6 Å². The van der Waals surface area contributed by atoms with Crippen LogP contribution in [0.4, 0.5) is 4.79 Å². The molecule has 2 fully saturated rings. The van der Waals surface area contributed by atoms with Crippen LogP contribution in [0.5, 0.6) is 0 Å². The summed E-state index contributed by atoms with van der Waals surface area (Å²) >= 11 is 0. The zero-order valence-corrected chi connectivity index (χ0v) is 25.4. The van der Waals surface area contributed by atoms with Crippen molar-refractivity contribution in [3.8, 4) is 0 Å². The lowest BCUT2D eigenvalue weighted by molar-refractivity contribution is -0.139. The van der Waals surface area contributed by atoms with Crippen molar-refractivity contribution in [3.63, 3.8) is 0 Å². The van der Waals surface area contributed by atoms with Gasteiger partial charge in [0.2, 0.25) is 26.0 Å². The molecule has 13 heteroatoms. The van der Waals surface area contributed by atoms with Gasteiger partial charge in [0.1, 0.15) is 5.60 Å². The molecule has 0 unspecified atom stereocenters. The minimum atomic E-state index is -3.92. The molecule has 2 saturated heterocycles. The molecule has 2 amide bonds. The van der Waals surface area contributed by atoms with E-state index in [1.807, 2.05) is 6.92 Å². The van der Waals surface area contributed by atoms with Gasteiger partial charge in [-0.05, 0) is 64.8 Å². The van der Waals surface area contributed by atoms with Crippen molar-refractivity contribution in [2.75, 3.05) is 45.8 Å². The Morgan fingerprint density at radius 1 is 0.949 bits per heavy atom. The summed E-state index contributed by atoms with van der Waals surface area (Å²) in [5.74, 6) is -0.609. The minimum Gasteiger partial charge on any atom is -0.444 e. The molecule has 2 aliphatic heterocycles. The molecular formula is C26H42N4O7S2. The van der Waals surface area contributed by atoms with Gasteiger partial charge in [-0.15, -0.1) is 0 Å². The van der Waals surface area contributed by atoms with Crippen LogP contribution in [0.15, 0.2) is 34.1 Å². The highest BCUT2D eigenvalue weighted by Gasteiger charge is 2.38. The van der Waals surface area contributed by atoms with Crippen LogP contribution in [-0.2, 0) is 29.6 Å². The van der Waals surface area contributed by atoms with Crippen LogP contribution < -0.4 is 0 Å². The molecule has 0 N–H and O–H groups in total. The maximum atomic E-state index is 13.4. The van der Waals surface area contributed by atoms with Crippen molar-refractivity contribution >= 4 is 32.0 Å². The second-order valence-electron chi connectivity index (χ2n) is 11.1. The summed E-state index contributed by atoms with van der Waals surface area (Å²) in [5, 5.41) is 0. The van der Waals surface area contributed by atoms with Gasteiger partial charge >= 0.3 is 6.09 Å². The summed E-state index contributed by atoms with van der Waals surface area (Å²) in [5.41, 5.74) is -0.610. The van der Waals surface area contributed by atoms with E-state index in [0.717, 1.165) is 0 Å². The minimum absolute atomic E-state index is 0.00584. The second-order valence-corrected chi connectivity index (χ2v) is 14.9. The van der Waals surface area contributed by atoms with Gasteiger partial charge in [0.05, 0.1) is 15.7 Å². The van der Waals surface area contributed by atoms with Crippen LogP contribution in [0.2, 0.25) is 0 Å². The van der Waals surface area contributed by atoms with Crippen molar-refractivity contribution in [1.29, 1.82) is 0 Å². The van der Waals surface area contributed by atoms with Crippen LogP contribution in [0, 0.1) is 5.92 Å². The van der Waals surface area contributed by atoms with Crippen LogP contribution >= 0.6 is 0 Å². The van der Waals surface area contributed by atoms with Gasteiger partial charge < -0.3 is 14.5 Å². The lowest BCUT2D eigenvalue weighted by Gasteiger charge is -2.42. The van der Waals surface area contributed by atoms with E-state index >= 15 is 0 Å². The number of carbonyl (C=O) groups excluding carboxylic acids is 2. The first-order chi connectivity index (χ1) is 18.1. The number of rotatable bonds is 7. The molecular weight excluding hydrogens is 544 g/mol. The van der Waals surface area contributed by atoms with Crippen molar-refractivity contribution in [2.45, 2.75) is 75.8 Å².